The molecular formula is C12H16N4. The number of nitrogens with two attached hydrogens (primary N) is 2. The summed E-state index contributed by atoms with van der Waals surface area (Å²) >= 11 is 0. The summed E-state index contributed by atoms with van der Waals surface area (Å²) < 4.78 is 1.34. The first-order valence-electron chi connectivity index (χ1n) is 5.17. The topological polar surface area (TPSA) is 69.9 Å². The molecule has 0 saturated carbocycles. The number of hydrogen-bond donors (Lipinski definition) is 2. The highest BCUT2D eigenvalue weighted by molar-refractivity contribution is 5.68. The van der Waals surface area contributed by atoms with Gasteiger partial charge in [-0.1, -0.05) is 17.7 Å². The fourth-order valence-corrected chi connectivity index (χ4v) is 2.11. The van der Waals surface area contributed by atoms with Crippen LogP contribution >= 0.6 is 0 Å². The molecule has 16 heavy (non-hydrogen) atoms. The van der Waals surface area contributed by atoms with Crippen molar-refractivity contribution in [1.29, 1.82) is 0 Å². The highest BCUT2D eigenvalue weighted by Crippen LogP contribution is 2.27. The molecule has 0 spiro atoms. The maximum atomic E-state index is 5.64. The summed E-state index contributed by atoms with van der Waals surface area (Å²) in [6.45, 7) is 6.22. The third-order valence-corrected chi connectivity index (χ3v) is 2.69. The molecule has 1 aromatic carbocycles. The maximum Gasteiger partial charge on any atom is 0.219 e. The average molecular weight is 216 g/mol. The molecule has 0 amide bonds. The van der Waals surface area contributed by atoms with Gasteiger partial charge in [-0.3, -0.25) is 0 Å². The summed E-state index contributed by atoms with van der Waals surface area (Å²) in [5, 5.41) is 0. The molecule has 0 aliphatic carbocycles. The van der Waals surface area contributed by atoms with E-state index in [1.54, 1.807) is 6.20 Å². The quantitative estimate of drug-likeness (QED) is 0.714. The first kappa shape index (κ1) is 10.5. The van der Waals surface area contributed by atoms with Crippen LogP contribution in [0.1, 0.15) is 16.7 Å². The van der Waals surface area contributed by atoms with Gasteiger partial charge < -0.3 is 11.6 Å². The van der Waals surface area contributed by atoms with E-state index in [4.69, 9.17) is 11.6 Å². The van der Waals surface area contributed by atoms with Crippen LogP contribution < -0.4 is 11.6 Å². The molecule has 0 saturated heterocycles. The second-order valence-corrected chi connectivity index (χ2v) is 4.17. The normalized spacial score (nSPS) is 10.7. The van der Waals surface area contributed by atoms with E-state index in [1.165, 1.54) is 21.4 Å². The Bertz CT molecular complexity index is 497. The van der Waals surface area contributed by atoms with Crippen LogP contribution in [0.25, 0.3) is 11.3 Å². The molecule has 1 heterocycles. The number of hydrogen-bond acceptors (Lipinski definition) is 3. The zero-order chi connectivity index (χ0) is 11.9. The zero-order valence-corrected chi connectivity index (χ0v) is 9.78. The van der Waals surface area contributed by atoms with Crippen molar-refractivity contribution in [3.05, 3.63) is 35.0 Å². The predicted octanol–water partition coefficient (Wildman–Crippen LogP) is 1.77. The molecule has 4 nitrogen and oxygen atoms in total. The van der Waals surface area contributed by atoms with Crippen molar-refractivity contribution in [2.45, 2.75) is 20.8 Å². The number of anilines is 1. The van der Waals surface area contributed by atoms with Gasteiger partial charge in [-0.2, -0.15) is 0 Å². The minimum Gasteiger partial charge on any atom is -0.368 e. The predicted molar refractivity (Wildman–Crippen MR) is 66.4 cm³/mol. The van der Waals surface area contributed by atoms with Gasteiger partial charge in [0.15, 0.2) is 0 Å². The lowest BCUT2D eigenvalue weighted by molar-refractivity contribution is 1.02. The lowest BCUT2D eigenvalue weighted by atomic mass is 9.98. The third kappa shape index (κ3) is 1.62. The Balaban J connectivity index is 2.64. The van der Waals surface area contributed by atoms with E-state index in [0.29, 0.717) is 5.95 Å². The summed E-state index contributed by atoms with van der Waals surface area (Å²) in [7, 11) is 0. The second-order valence-electron chi connectivity index (χ2n) is 4.17. The number of imidazole rings is 1. The molecule has 1 aromatic heterocycles. The molecular weight excluding hydrogens is 200 g/mol. The number of aryl methyl sites for hydroxylation is 3. The maximum absolute atomic E-state index is 5.64. The van der Waals surface area contributed by atoms with Crippen molar-refractivity contribution >= 4 is 5.95 Å². The third-order valence-electron chi connectivity index (χ3n) is 2.69. The van der Waals surface area contributed by atoms with Crippen LogP contribution in [0.3, 0.4) is 0 Å². The summed E-state index contributed by atoms with van der Waals surface area (Å²) in [5.41, 5.74) is 11.2. The van der Waals surface area contributed by atoms with Crippen LogP contribution in [0.5, 0.6) is 0 Å². The van der Waals surface area contributed by atoms with Crippen LogP contribution in [0.2, 0.25) is 0 Å². The first-order valence-corrected chi connectivity index (χ1v) is 5.17. The van der Waals surface area contributed by atoms with E-state index in [9.17, 15) is 0 Å². The molecule has 2 rings (SSSR count). The molecule has 0 aliphatic rings. The number of nitrogen functional groups attached to an aromatic ring is 2. The van der Waals surface area contributed by atoms with Crippen molar-refractivity contribution in [1.82, 2.24) is 9.66 Å². The van der Waals surface area contributed by atoms with Crippen LogP contribution in [-0.4, -0.2) is 9.66 Å². The molecule has 4 N–H and O–H groups in total. The Morgan fingerprint density at radius 1 is 1.12 bits per heavy atom. The van der Waals surface area contributed by atoms with E-state index in [1.807, 2.05) is 0 Å². The smallest absolute Gasteiger partial charge is 0.219 e. The molecule has 0 atom stereocenters. The standard InChI is InChI=1S/C12H16N4/c1-7-4-8(2)11(9(3)5-7)10-6-16(14)12(13)15-10/h4-6H,14H2,1-3H3,(H2,13,15). The fraction of sp³-hybridized carbons (Fsp3) is 0.250. The Morgan fingerprint density at radius 2 is 1.69 bits per heavy atom. The summed E-state index contributed by atoms with van der Waals surface area (Å²) in [4.78, 5) is 4.25. The van der Waals surface area contributed by atoms with E-state index < -0.39 is 0 Å². The van der Waals surface area contributed by atoms with Crippen molar-refractivity contribution in [2.75, 3.05) is 11.6 Å². The van der Waals surface area contributed by atoms with Gasteiger partial charge in [-0.15, -0.1) is 0 Å². The van der Waals surface area contributed by atoms with Crippen LogP contribution in [-0.2, 0) is 0 Å². The van der Waals surface area contributed by atoms with Crippen molar-refractivity contribution < 1.29 is 0 Å². The van der Waals surface area contributed by atoms with E-state index >= 15 is 0 Å². The number of rotatable bonds is 1. The molecule has 0 radical (unpaired) electrons. The van der Waals surface area contributed by atoms with Gasteiger partial charge in [-0.05, 0) is 31.9 Å². The lowest BCUT2D eigenvalue weighted by Gasteiger charge is -2.08. The van der Waals surface area contributed by atoms with Crippen LogP contribution in [0.15, 0.2) is 18.3 Å². The highest BCUT2D eigenvalue weighted by Gasteiger charge is 2.11. The SMILES string of the molecule is Cc1cc(C)c(-c2cn(N)c(N)n2)c(C)c1. The molecule has 0 aliphatic heterocycles. The summed E-state index contributed by atoms with van der Waals surface area (Å²) in [6, 6.07) is 4.27. The highest BCUT2D eigenvalue weighted by atomic mass is 15.3. The van der Waals surface area contributed by atoms with Gasteiger partial charge in [0.1, 0.15) is 0 Å². The van der Waals surface area contributed by atoms with Crippen LogP contribution in [0.4, 0.5) is 5.95 Å². The van der Waals surface area contributed by atoms with E-state index in [-0.39, 0.29) is 0 Å². The lowest BCUT2D eigenvalue weighted by Crippen LogP contribution is -2.09. The number of benzene rings is 1. The Kier molecular flexibility index (Phi) is 2.34. The molecule has 84 valence electrons. The molecule has 0 fully saturated rings. The van der Waals surface area contributed by atoms with Crippen LogP contribution in [0, 0.1) is 20.8 Å². The molecule has 4 heteroatoms. The van der Waals surface area contributed by atoms with Gasteiger partial charge in [0.05, 0.1) is 11.9 Å². The number of nitrogens with zero attached hydrogens (tertiary/aromatic N) is 2. The second kappa shape index (κ2) is 3.56. The average Bonchev–Trinajstić information content (AvgIpc) is 2.44. The first-order chi connectivity index (χ1) is 7.49. The Labute approximate surface area is 94.9 Å². The van der Waals surface area contributed by atoms with Gasteiger partial charge in [0.2, 0.25) is 5.95 Å². The van der Waals surface area contributed by atoms with Gasteiger partial charge in [0.25, 0.3) is 0 Å². The van der Waals surface area contributed by atoms with E-state index in [2.05, 4.69) is 37.9 Å². The molecule has 2 aromatic rings. The largest absolute Gasteiger partial charge is 0.368 e. The summed E-state index contributed by atoms with van der Waals surface area (Å²) in [5.74, 6) is 5.97. The Hall–Kier alpha value is -1.97. The van der Waals surface area contributed by atoms with Crippen molar-refractivity contribution in [3.63, 3.8) is 0 Å². The molecule has 0 unspecified atom stereocenters. The minimum atomic E-state index is 0.328. The Morgan fingerprint density at radius 3 is 2.12 bits per heavy atom. The number of aromatic nitrogens is 2. The summed E-state index contributed by atoms with van der Waals surface area (Å²) in [6.07, 6.45) is 1.75. The van der Waals surface area contributed by atoms with Crippen molar-refractivity contribution in [2.24, 2.45) is 0 Å². The van der Waals surface area contributed by atoms with Gasteiger partial charge in [-0.25, -0.2) is 9.66 Å². The fourth-order valence-electron chi connectivity index (χ4n) is 2.11. The molecule has 0 bridgehead atoms. The van der Waals surface area contributed by atoms with Gasteiger partial charge in [0, 0.05) is 5.56 Å². The monoisotopic (exact) mass is 216 g/mol. The van der Waals surface area contributed by atoms with Crippen molar-refractivity contribution in [3.8, 4) is 11.3 Å². The zero-order valence-electron chi connectivity index (χ0n) is 9.78. The van der Waals surface area contributed by atoms with Gasteiger partial charge >= 0.3 is 0 Å². The van der Waals surface area contributed by atoms with E-state index in [0.717, 1.165) is 11.3 Å². The minimum absolute atomic E-state index is 0.328.